The minimum atomic E-state index is 0.0802. The Labute approximate surface area is 115 Å². The van der Waals surface area contributed by atoms with E-state index in [2.05, 4.69) is 15.3 Å². The molecule has 0 radical (unpaired) electrons. The second kappa shape index (κ2) is 5.48. The van der Waals surface area contributed by atoms with Gasteiger partial charge in [-0.15, -0.1) is 11.3 Å². The number of carbonyl (C=O) groups is 1. The van der Waals surface area contributed by atoms with Gasteiger partial charge in [0.15, 0.2) is 0 Å². The van der Waals surface area contributed by atoms with Crippen LogP contribution in [0.25, 0.3) is 0 Å². The Kier molecular flexibility index (Phi) is 3.55. The highest BCUT2D eigenvalue weighted by molar-refractivity contribution is 7.09. The third-order valence-electron chi connectivity index (χ3n) is 3.43. The summed E-state index contributed by atoms with van der Waals surface area (Å²) in [6, 6.07) is 5.72. The molecule has 1 aliphatic rings. The van der Waals surface area contributed by atoms with Crippen molar-refractivity contribution >= 4 is 17.2 Å². The normalized spacial score (nSPS) is 17.8. The van der Waals surface area contributed by atoms with Gasteiger partial charge in [0, 0.05) is 17.0 Å². The van der Waals surface area contributed by atoms with E-state index in [4.69, 9.17) is 0 Å². The van der Waals surface area contributed by atoms with E-state index in [1.807, 2.05) is 23.7 Å². The lowest BCUT2D eigenvalue weighted by atomic mass is 9.90. The Balaban J connectivity index is 1.57. The molecule has 19 heavy (non-hydrogen) atoms. The molecule has 1 atom stereocenters. The zero-order chi connectivity index (χ0) is 13.1. The molecule has 0 aromatic carbocycles. The van der Waals surface area contributed by atoms with Crippen LogP contribution in [0.1, 0.15) is 22.7 Å². The molecule has 5 heteroatoms. The highest BCUT2D eigenvalue weighted by Crippen LogP contribution is 2.27. The Morgan fingerprint density at radius 3 is 3.21 bits per heavy atom. The monoisotopic (exact) mass is 273 g/mol. The fourth-order valence-corrected chi connectivity index (χ4v) is 3.24. The zero-order valence-electron chi connectivity index (χ0n) is 10.5. The second-order valence-corrected chi connectivity index (χ2v) is 5.64. The molecule has 0 bridgehead atoms. The maximum atomic E-state index is 12.1. The molecular formula is C14H15N3OS. The first-order valence-corrected chi connectivity index (χ1v) is 7.30. The topological polar surface area (TPSA) is 54.9 Å². The van der Waals surface area contributed by atoms with Crippen LogP contribution in [-0.4, -0.2) is 15.9 Å². The first-order valence-electron chi connectivity index (χ1n) is 6.42. The number of rotatable bonds is 3. The number of nitrogens with zero attached hydrogens (tertiary/aromatic N) is 2. The van der Waals surface area contributed by atoms with Crippen molar-refractivity contribution in [3.8, 4) is 0 Å². The molecule has 2 heterocycles. The summed E-state index contributed by atoms with van der Waals surface area (Å²) >= 11 is 1.66. The quantitative estimate of drug-likeness (QED) is 0.930. The molecule has 4 nitrogen and oxygen atoms in total. The van der Waals surface area contributed by atoms with Crippen LogP contribution in [0.4, 0.5) is 0 Å². The van der Waals surface area contributed by atoms with Crippen molar-refractivity contribution in [3.05, 3.63) is 46.2 Å². The van der Waals surface area contributed by atoms with Crippen LogP contribution in [-0.2, 0) is 24.2 Å². The third kappa shape index (κ3) is 2.81. The summed E-state index contributed by atoms with van der Waals surface area (Å²) in [7, 11) is 0. The lowest BCUT2D eigenvalue weighted by Crippen LogP contribution is -2.33. The van der Waals surface area contributed by atoms with Crippen LogP contribution < -0.4 is 5.32 Å². The molecule has 2 aromatic heterocycles. The van der Waals surface area contributed by atoms with Crippen LogP contribution in [0.5, 0.6) is 0 Å². The Hall–Kier alpha value is -1.75. The third-order valence-corrected chi connectivity index (χ3v) is 4.33. The summed E-state index contributed by atoms with van der Waals surface area (Å²) in [6.45, 7) is 0.506. The van der Waals surface area contributed by atoms with E-state index in [-0.39, 0.29) is 11.8 Å². The number of aryl methyl sites for hydroxylation is 1. The summed E-state index contributed by atoms with van der Waals surface area (Å²) in [6.07, 6.45) is 4.38. The highest BCUT2D eigenvalue weighted by atomic mass is 32.1. The Bertz CT molecular complexity index is 567. The number of nitrogens with one attached hydrogen (secondary N) is 1. The van der Waals surface area contributed by atoms with Gasteiger partial charge in [-0.3, -0.25) is 9.78 Å². The van der Waals surface area contributed by atoms with Crippen LogP contribution in [0, 0.1) is 5.92 Å². The van der Waals surface area contributed by atoms with Crippen LogP contribution >= 0.6 is 11.3 Å². The fourth-order valence-electron chi connectivity index (χ4n) is 2.35. The molecule has 0 aliphatic heterocycles. The van der Waals surface area contributed by atoms with Gasteiger partial charge in [0.2, 0.25) is 5.91 Å². The first kappa shape index (κ1) is 12.3. The molecule has 0 saturated carbocycles. The van der Waals surface area contributed by atoms with Crippen LogP contribution in [0.2, 0.25) is 0 Å². The summed E-state index contributed by atoms with van der Waals surface area (Å²) in [5, 5.41) is 2.97. The van der Waals surface area contributed by atoms with E-state index in [1.165, 1.54) is 10.6 Å². The molecular weight excluding hydrogens is 258 g/mol. The number of carbonyl (C=O) groups excluding carboxylic acids is 1. The van der Waals surface area contributed by atoms with Gasteiger partial charge in [-0.1, -0.05) is 6.07 Å². The molecule has 1 unspecified atom stereocenters. The lowest BCUT2D eigenvalue weighted by molar-refractivity contribution is -0.125. The summed E-state index contributed by atoms with van der Waals surface area (Å²) < 4.78 is 0. The minimum absolute atomic E-state index is 0.0802. The van der Waals surface area contributed by atoms with Crippen molar-refractivity contribution in [3.63, 3.8) is 0 Å². The van der Waals surface area contributed by atoms with E-state index in [0.717, 1.165) is 25.0 Å². The van der Waals surface area contributed by atoms with E-state index in [9.17, 15) is 4.79 Å². The maximum Gasteiger partial charge on any atom is 0.223 e. The van der Waals surface area contributed by atoms with Gasteiger partial charge in [0.25, 0.3) is 0 Å². The SMILES string of the molecule is O=C(NCc1ccccn1)C1CCc2ncsc2C1. The molecule has 98 valence electrons. The van der Waals surface area contributed by atoms with Gasteiger partial charge in [0.05, 0.1) is 23.4 Å². The van der Waals surface area contributed by atoms with Crippen molar-refractivity contribution in [2.75, 3.05) is 0 Å². The Morgan fingerprint density at radius 2 is 2.37 bits per heavy atom. The van der Waals surface area contributed by atoms with Crippen molar-refractivity contribution in [1.82, 2.24) is 15.3 Å². The lowest BCUT2D eigenvalue weighted by Gasteiger charge is -2.20. The van der Waals surface area contributed by atoms with E-state index >= 15 is 0 Å². The molecule has 3 rings (SSSR count). The Morgan fingerprint density at radius 1 is 1.42 bits per heavy atom. The number of thiazole rings is 1. The second-order valence-electron chi connectivity index (χ2n) is 4.70. The van der Waals surface area contributed by atoms with Crippen molar-refractivity contribution in [2.45, 2.75) is 25.8 Å². The van der Waals surface area contributed by atoms with E-state index in [1.54, 1.807) is 17.5 Å². The molecule has 1 N–H and O–H groups in total. The maximum absolute atomic E-state index is 12.1. The zero-order valence-corrected chi connectivity index (χ0v) is 11.3. The summed E-state index contributed by atoms with van der Waals surface area (Å²) in [5.74, 6) is 0.210. The fraction of sp³-hybridized carbons (Fsp3) is 0.357. The van der Waals surface area contributed by atoms with Gasteiger partial charge < -0.3 is 5.32 Å². The molecule has 1 aliphatic carbocycles. The number of fused-ring (bicyclic) bond motifs is 1. The number of pyridine rings is 1. The molecule has 2 aromatic rings. The van der Waals surface area contributed by atoms with Gasteiger partial charge >= 0.3 is 0 Å². The van der Waals surface area contributed by atoms with Gasteiger partial charge in [0.1, 0.15) is 0 Å². The number of hydrogen-bond donors (Lipinski definition) is 1. The number of amides is 1. The first-order chi connectivity index (χ1) is 9.33. The van der Waals surface area contributed by atoms with Crippen LogP contribution in [0.3, 0.4) is 0 Å². The highest BCUT2D eigenvalue weighted by Gasteiger charge is 2.26. The summed E-state index contributed by atoms with van der Waals surface area (Å²) in [4.78, 5) is 21.9. The molecule has 1 amide bonds. The molecule has 0 saturated heterocycles. The largest absolute Gasteiger partial charge is 0.350 e. The average Bonchev–Trinajstić information content (AvgIpc) is 2.93. The standard InChI is InChI=1S/C14H15N3OS/c18-14(16-8-11-3-1-2-6-15-11)10-4-5-12-13(7-10)19-9-17-12/h1-3,6,9-10H,4-5,7-8H2,(H,16,18). The van der Waals surface area contributed by atoms with Gasteiger partial charge in [-0.2, -0.15) is 0 Å². The van der Waals surface area contributed by atoms with E-state index in [0.29, 0.717) is 6.54 Å². The van der Waals surface area contributed by atoms with Gasteiger partial charge in [-0.25, -0.2) is 4.98 Å². The smallest absolute Gasteiger partial charge is 0.223 e. The number of aromatic nitrogens is 2. The molecule has 0 spiro atoms. The van der Waals surface area contributed by atoms with Gasteiger partial charge in [-0.05, 0) is 31.4 Å². The predicted molar refractivity (Wildman–Crippen MR) is 73.7 cm³/mol. The predicted octanol–water partition coefficient (Wildman–Crippen LogP) is 1.96. The summed E-state index contributed by atoms with van der Waals surface area (Å²) in [5.41, 5.74) is 3.95. The van der Waals surface area contributed by atoms with Crippen LogP contribution in [0.15, 0.2) is 29.9 Å². The van der Waals surface area contributed by atoms with Crippen molar-refractivity contribution < 1.29 is 4.79 Å². The average molecular weight is 273 g/mol. The van der Waals surface area contributed by atoms with Crippen molar-refractivity contribution in [2.24, 2.45) is 5.92 Å². The minimum Gasteiger partial charge on any atom is -0.350 e. The number of hydrogen-bond acceptors (Lipinski definition) is 4. The van der Waals surface area contributed by atoms with Crippen molar-refractivity contribution in [1.29, 1.82) is 0 Å². The van der Waals surface area contributed by atoms with E-state index < -0.39 is 0 Å². The molecule has 0 fully saturated rings.